The molecule has 7 nitrogen and oxygen atoms in total. The highest BCUT2D eigenvalue weighted by Crippen LogP contribution is 2.34. The van der Waals surface area contributed by atoms with Gasteiger partial charge in [0.15, 0.2) is 5.69 Å². The van der Waals surface area contributed by atoms with E-state index in [1.54, 1.807) is 11.9 Å². The molecule has 2 heterocycles. The van der Waals surface area contributed by atoms with Crippen LogP contribution in [-0.4, -0.2) is 46.1 Å². The fourth-order valence-corrected chi connectivity index (χ4v) is 3.35. The van der Waals surface area contributed by atoms with Gasteiger partial charge in [-0.05, 0) is 40.5 Å². The van der Waals surface area contributed by atoms with Crippen LogP contribution in [0.15, 0.2) is 24.3 Å². The molecule has 0 unspecified atom stereocenters. The Morgan fingerprint density at radius 1 is 1.25 bits per heavy atom. The molecule has 2 aromatic rings. The summed E-state index contributed by atoms with van der Waals surface area (Å²) < 4.78 is 5.54. The molecule has 0 aliphatic carbocycles. The Hall–Kier alpha value is -2.83. The number of aromatic amines is 1. The molecule has 1 saturated heterocycles. The van der Waals surface area contributed by atoms with Crippen molar-refractivity contribution in [2.75, 3.05) is 13.6 Å². The lowest BCUT2D eigenvalue weighted by atomic mass is 10.1. The Balaban J connectivity index is 1.96. The lowest BCUT2D eigenvalue weighted by Gasteiger charge is -2.27. The van der Waals surface area contributed by atoms with E-state index in [1.807, 2.05) is 52.0 Å². The Morgan fingerprint density at radius 3 is 2.54 bits per heavy atom. The van der Waals surface area contributed by atoms with E-state index in [9.17, 15) is 9.59 Å². The van der Waals surface area contributed by atoms with Gasteiger partial charge in [-0.1, -0.05) is 29.8 Å². The van der Waals surface area contributed by atoms with Crippen LogP contribution in [0.1, 0.15) is 61.5 Å². The minimum atomic E-state index is -0.562. The molecule has 1 aromatic carbocycles. The number of carbonyl (C=O) groups excluding carboxylic acids is 2. The molecule has 0 saturated carbocycles. The van der Waals surface area contributed by atoms with E-state index in [-0.39, 0.29) is 18.0 Å². The van der Waals surface area contributed by atoms with Crippen LogP contribution in [0.4, 0.5) is 4.79 Å². The lowest BCUT2D eigenvalue weighted by Crippen LogP contribution is -2.36. The van der Waals surface area contributed by atoms with Gasteiger partial charge in [-0.15, -0.1) is 0 Å². The average molecular weight is 384 g/mol. The highest BCUT2D eigenvalue weighted by atomic mass is 16.6. The monoisotopic (exact) mass is 384 g/mol. The Kier molecular flexibility index (Phi) is 5.45. The van der Waals surface area contributed by atoms with Crippen molar-refractivity contribution in [3.63, 3.8) is 0 Å². The van der Waals surface area contributed by atoms with Gasteiger partial charge < -0.3 is 15.0 Å². The van der Waals surface area contributed by atoms with Crippen LogP contribution in [0.2, 0.25) is 0 Å². The number of nitrogens with zero attached hydrogens (tertiary/aromatic N) is 2. The molecule has 0 bridgehead atoms. The number of nitrogens with one attached hydrogen (secondary N) is 2. The first-order valence-electron chi connectivity index (χ1n) is 9.58. The van der Waals surface area contributed by atoms with Crippen molar-refractivity contribution in [1.29, 1.82) is 0 Å². The molecule has 150 valence electrons. The number of ether oxygens (including phenoxy) is 1. The highest BCUT2D eigenvalue weighted by Gasteiger charge is 2.36. The topological polar surface area (TPSA) is 87.3 Å². The molecule has 28 heavy (non-hydrogen) atoms. The van der Waals surface area contributed by atoms with Crippen LogP contribution in [0, 0.1) is 6.92 Å². The van der Waals surface area contributed by atoms with Crippen LogP contribution in [0.25, 0.3) is 11.3 Å². The fourth-order valence-electron chi connectivity index (χ4n) is 3.35. The predicted molar refractivity (Wildman–Crippen MR) is 107 cm³/mol. The number of carbonyl (C=O) groups is 2. The summed E-state index contributed by atoms with van der Waals surface area (Å²) in [5.41, 5.74) is 2.44. The third kappa shape index (κ3) is 4.18. The van der Waals surface area contributed by atoms with Crippen LogP contribution in [0.5, 0.6) is 0 Å². The van der Waals surface area contributed by atoms with E-state index in [4.69, 9.17) is 4.74 Å². The second kappa shape index (κ2) is 7.66. The molecule has 2 N–H and O–H groups in total. The van der Waals surface area contributed by atoms with Gasteiger partial charge in [0.05, 0.1) is 11.7 Å². The lowest BCUT2D eigenvalue weighted by molar-refractivity contribution is 0.0218. The zero-order valence-electron chi connectivity index (χ0n) is 17.1. The first-order valence-corrected chi connectivity index (χ1v) is 9.58. The summed E-state index contributed by atoms with van der Waals surface area (Å²) >= 11 is 0. The van der Waals surface area contributed by atoms with Gasteiger partial charge in [0, 0.05) is 19.2 Å². The summed E-state index contributed by atoms with van der Waals surface area (Å²) in [5.74, 6) is 0.345. The molecule has 0 spiro atoms. The summed E-state index contributed by atoms with van der Waals surface area (Å²) in [7, 11) is 1.58. The second-order valence-electron chi connectivity index (χ2n) is 8.12. The molecule has 2 amide bonds. The van der Waals surface area contributed by atoms with Gasteiger partial charge in [0.2, 0.25) is 0 Å². The van der Waals surface area contributed by atoms with Crippen molar-refractivity contribution in [2.45, 2.75) is 52.2 Å². The molecule has 3 rings (SSSR count). The number of rotatable bonds is 3. The number of hydrogen-bond acceptors (Lipinski definition) is 4. The summed E-state index contributed by atoms with van der Waals surface area (Å²) in [4.78, 5) is 34.6. The van der Waals surface area contributed by atoms with Gasteiger partial charge >= 0.3 is 6.09 Å². The van der Waals surface area contributed by atoms with E-state index < -0.39 is 5.60 Å². The number of likely N-dealkylation sites (tertiary alicyclic amines) is 1. The zero-order chi connectivity index (χ0) is 20.5. The first kappa shape index (κ1) is 19.9. The summed E-state index contributed by atoms with van der Waals surface area (Å²) in [6.45, 7) is 8.17. The van der Waals surface area contributed by atoms with Crippen molar-refractivity contribution in [2.24, 2.45) is 0 Å². The van der Waals surface area contributed by atoms with Gasteiger partial charge in [-0.2, -0.15) is 0 Å². The number of aromatic nitrogens is 2. The summed E-state index contributed by atoms with van der Waals surface area (Å²) in [6, 6.07) is 7.66. The van der Waals surface area contributed by atoms with E-state index in [0.29, 0.717) is 23.8 Å². The maximum absolute atomic E-state index is 12.6. The van der Waals surface area contributed by atoms with Gasteiger partial charge in [-0.25, -0.2) is 9.78 Å². The molecule has 1 aliphatic heterocycles. The van der Waals surface area contributed by atoms with Crippen molar-refractivity contribution in [3.05, 3.63) is 41.3 Å². The minimum Gasteiger partial charge on any atom is -0.444 e. The standard InChI is InChI=1S/C21H28N4O3/c1-13-8-10-14(11-9-13)16-17(19(26)22-5)24-18(23-16)15-7-6-12-25(15)20(27)28-21(2,3)4/h8-11,15H,6-7,12H2,1-5H3,(H,22,26)(H,23,24)/t15-/m0/s1. The minimum absolute atomic E-state index is 0.238. The summed E-state index contributed by atoms with van der Waals surface area (Å²) in [6.07, 6.45) is 1.28. The Bertz CT molecular complexity index is 865. The molecule has 7 heteroatoms. The quantitative estimate of drug-likeness (QED) is 0.842. The zero-order valence-corrected chi connectivity index (χ0v) is 17.1. The van der Waals surface area contributed by atoms with Crippen molar-refractivity contribution < 1.29 is 14.3 Å². The molecule has 0 radical (unpaired) electrons. The van der Waals surface area contributed by atoms with Gasteiger partial charge in [0.25, 0.3) is 5.91 Å². The van der Waals surface area contributed by atoms with E-state index in [1.165, 1.54) is 0 Å². The van der Waals surface area contributed by atoms with E-state index in [2.05, 4.69) is 15.3 Å². The number of imidazole rings is 1. The van der Waals surface area contributed by atoms with E-state index >= 15 is 0 Å². The van der Waals surface area contributed by atoms with Crippen LogP contribution in [-0.2, 0) is 4.74 Å². The third-order valence-electron chi connectivity index (χ3n) is 4.70. The second-order valence-corrected chi connectivity index (χ2v) is 8.12. The molecule has 1 aromatic heterocycles. The molecule has 1 atom stereocenters. The van der Waals surface area contributed by atoms with Gasteiger partial charge in [0.1, 0.15) is 11.4 Å². The average Bonchev–Trinajstić information content (AvgIpc) is 3.27. The van der Waals surface area contributed by atoms with Crippen LogP contribution < -0.4 is 5.32 Å². The van der Waals surface area contributed by atoms with E-state index in [0.717, 1.165) is 24.0 Å². The van der Waals surface area contributed by atoms with Crippen LogP contribution in [0.3, 0.4) is 0 Å². The smallest absolute Gasteiger partial charge is 0.410 e. The Labute approximate surface area is 165 Å². The molecular weight excluding hydrogens is 356 g/mol. The largest absolute Gasteiger partial charge is 0.444 e. The molecular formula is C21H28N4O3. The Morgan fingerprint density at radius 2 is 1.93 bits per heavy atom. The predicted octanol–water partition coefficient (Wildman–Crippen LogP) is 3.82. The third-order valence-corrected chi connectivity index (χ3v) is 4.70. The highest BCUT2D eigenvalue weighted by molar-refractivity contribution is 5.98. The number of aryl methyl sites for hydroxylation is 1. The number of amides is 2. The van der Waals surface area contributed by atoms with Crippen molar-refractivity contribution >= 4 is 12.0 Å². The van der Waals surface area contributed by atoms with Crippen LogP contribution >= 0.6 is 0 Å². The van der Waals surface area contributed by atoms with Crippen molar-refractivity contribution in [3.8, 4) is 11.3 Å². The molecule has 1 aliphatic rings. The maximum Gasteiger partial charge on any atom is 0.410 e. The number of benzene rings is 1. The summed E-state index contributed by atoms with van der Waals surface area (Å²) in [5, 5.41) is 2.65. The number of H-pyrrole nitrogens is 1. The normalized spacial score (nSPS) is 16.9. The van der Waals surface area contributed by atoms with Crippen molar-refractivity contribution in [1.82, 2.24) is 20.2 Å². The molecule has 1 fully saturated rings. The fraction of sp³-hybridized carbons (Fsp3) is 0.476. The number of hydrogen-bond donors (Lipinski definition) is 2. The van der Waals surface area contributed by atoms with Gasteiger partial charge in [-0.3, -0.25) is 9.69 Å². The maximum atomic E-state index is 12.6. The SMILES string of the molecule is CNC(=O)c1nc([C@@H]2CCCN2C(=O)OC(C)(C)C)[nH]c1-c1ccc(C)cc1. The first-order chi connectivity index (χ1) is 13.2.